The van der Waals surface area contributed by atoms with Crippen LogP contribution in [0.4, 0.5) is 0 Å². The molecule has 2 heterocycles. The van der Waals surface area contributed by atoms with Gasteiger partial charge in [0.2, 0.25) is 5.89 Å². The molecule has 4 fully saturated rings. The van der Waals surface area contributed by atoms with Crippen molar-refractivity contribution in [2.45, 2.75) is 63.5 Å². The molecule has 0 spiro atoms. The van der Waals surface area contributed by atoms with Gasteiger partial charge in [-0.05, 0) is 63.2 Å². The van der Waals surface area contributed by atoms with E-state index in [1.54, 1.807) is 0 Å². The van der Waals surface area contributed by atoms with Gasteiger partial charge in [-0.3, -0.25) is 0 Å². The summed E-state index contributed by atoms with van der Waals surface area (Å²) in [4.78, 5) is 4.90. The maximum Gasteiger partial charge on any atom is 0.201 e. The summed E-state index contributed by atoms with van der Waals surface area (Å²) in [5.74, 6) is 5.10. The van der Waals surface area contributed by atoms with Crippen molar-refractivity contribution < 1.29 is 4.42 Å². The second-order valence-electron chi connectivity index (χ2n) is 7.63. The number of hydrogen-bond acceptors (Lipinski definition) is 3. The van der Waals surface area contributed by atoms with Crippen LogP contribution in [0.3, 0.4) is 0 Å². The van der Waals surface area contributed by atoms with E-state index in [2.05, 4.69) is 12.2 Å². The van der Waals surface area contributed by atoms with Crippen molar-refractivity contribution in [3.63, 3.8) is 0 Å². The molecule has 4 saturated carbocycles. The highest BCUT2D eigenvalue weighted by atomic mass is 16.4. The Bertz CT molecular complexity index is 498. The van der Waals surface area contributed by atoms with E-state index in [0.717, 1.165) is 35.9 Å². The Morgan fingerprint density at radius 1 is 1.11 bits per heavy atom. The zero-order valence-corrected chi connectivity index (χ0v) is 11.6. The maximum absolute atomic E-state index is 6.25. The van der Waals surface area contributed by atoms with E-state index in [-0.39, 0.29) is 0 Å². The molecule has 0 radical (unpaired) electrons. The van der Waals surface area contributed by atoms with Crippen LogP contribution in [0, 0.1) is 17.8 Å². The van der Waals surface area contributed by atoms with E-state index in [1.165, 1.54) is 44.2 Å². The molecule has 0 amide bonds. The fraction of sp³-hybridized carbons (Fsp3) is 0.812. The van der Waals surface area contributed by atoms with Gasteiger partial charge >= 0.3 is 0 Å². The van der Waals surface area contributed by atoms with Gasteiger partial charge in [0, 0.05) is 12.0 Å². The van der Waals surface area contributed by atoms with E-state index in [0.29, 0.717) is 11.5 Å². The SMILES string of the molecule is CC1NCc2nc(C34CC5CC(CC(C5)C3)C4)oc21. The van der Waals surface area contributed by atoms with Crippen molar-refractivity contribution in [3.05, 3.63) is 17.3 Å². The van der Waals surface area contributed by atoms with Gasteiger partial charge in [0.1, 0.15) is 5.76 Å². The van der Waals surface area contributed by atoms with Gasteiger partial charge in [-0.15, -0.1) is 0 Å². The quantitative estimate of drug-likeness (QED) is 0.840. The maximum atomic E-state index is 6.25. The minimum atomic E-state index is 0.318. The molecular formula is C16H22N2O. The molecule has 1 atom stereocenters. The minimum absolute atomic E-state index is 0.318. The normalized spacial score (nSPS) is 46.8. The van der Waals surface area contributed by atoms with Crippen LogP contribution >= 0.6 is 0 Å². The van der Waals surface area contributed by atoms with Crippen molar-refractivity contribution in [2.24, 2.45) is 17.8 Å². The Balaban J connectivity index is 1.57. The molecular weight excluding hydrogens is 236 g/mol. The second kappa shape index (κ2) is 3.43. The predicted octanol–water partition coefficient (Wildman–Crippen LogP) is 3.31. The van der Waals surface area contributed by atoms with Gasteiger partial charge in [0.05, 0.1) is 11.7 Å². The third-order valence-electron chi connectivity index (χ3n) is 6.19. The lowest BCUT2D eigenvalue weighted by molar-refractivity contribution is -0.0184. The Hall–Kier alpha value is -0.830. The Morgan fingerprint density at radius 2 is 1.74 bits per heavy atom. The second-order valence-corrected chi connectivity index (χ2v) is 7.63. The molecule has 5 aliphatic rings. The molecule has 102 valence electrons. The lowest BCUT2D eigenvalue weighted by atomic mass is 9.49. The first-order chi connectivity index (χ1) is 9.22. The van der Waals surface area contributed by atoms with Crippen molar-refractivity contribution >= 4 is 0 Å². The van der Waals surface area contributed by atoms with Gasteiger partial charge in [-0.2, -0.15) is 0 Å². The summed E-state index contributed by atoms with van der Waals surface area (Å²) >= 11 is 0. The monoisotopic (exact) mass is 258 g/mol. The third kappa shape index (κ3) is 1.40. The first kappa shape index (κ1) is 10.9. The third-order valence-corrected chi connectivity index (χ3v) is 6.19. The number of fused-ring (bicyclic) bond motifs is 1. The summed E-state index contributed by atoms with van der Waals surface area (Å²) in [6, 6.07) is 0.352. The zero-order chi connectivity index (χ0) is 12.6. The molecule has 6 rings (SSSR count). The molecule has 4 aliphatic carbocycles. The fourth-order valence-electron chi connectivity index (χ4n) is 5.77. The molecule has 1 aromatic heterocycles. The van der Waals surface area contributed by atoms with Crippen LogP contribution < -0.4 is 5.32 Å². The number of hydrogen-bond donors (Lipinski definition) is 1. The first-order valence-corrected chi connectivity index (χ1v) is 7.95. The summed E-state index contributed by atoms with van der Waals surface area (Å²) in [6.07, 6.45) is 8.49. The summed E-state index contributed by atoms with van der Waals surface area (Å²) in [5.41, 5.74) is 1.50. The average molecular weight is 258 g/mol. The number of nitrogens with zero attached hydrogens (tertiary/aromatic N) is 1. The Kier molecular flexibility index (Phi) is 1.97. The van der Waals surface area contributed by atoms with Crippen LogP contribution in [0.15, 0.2) is 4.42 Å². The molecule has 1 aliphatic heterocycles. The minimum Gasteiger partial charge on any atom is -0.443 e. The molecule has 0 aromatic carbocycles. The summed E-state index contributed by atoms with van der Waals surface area (Å²) < 4.78 is 6.25. The topological polar surface area (TPSA) is 38.1 Å². The van der Waals surface area contributed by atoms with Gasteiger partial charge in [0.25, 0.3) is 0 Å². The van der Waals surface area contributed by atoms with Crippen LogP contribution in [-0.4, -0.2) is 4.98 Å². The van der Waals surface area contributed by atoms with E-state index >= 15 is 0 Å². The van der Waals surface area contributed by atoms with Crippen molar-refractivity contribution in [2.75, 3.05) is 0 Å². The lowest BCUT2D eigenvalue weighted by Crippen LogP contribution is -2.48. The highest BCUT2D eigenvalue weighted by Gasteiger charge is 2.54. The molecule has 0 saturated heterocycles. The number of nitrogens with one attached hydrogen (secondary N) is 1. The first-order valence-electron chi connectivity index (χ1n) is 7.95. The largest absolute Gasteiger partial charge is 0.443 e. The molecule has 4 bridgehead atoms. The number of oxazole rings is 1. The number of rotatable bonds is 1. The standard InChI is InChI=1S/C16H22N2O/c1-9-14-13(8-17-9)18-15(19-14)16-5-10-2-11(6-16)4-12(3-10)7-16/h9-12,17H,2-8H2,1H3. The molecule has 3 nitrogen and oxygen atoms in total. The lowest BCUT2D eigenvalue weighted by Gasteiger charge is -2.55. The van der Waals surface area contributed by atoms with Gasteiger partial charge in [0.15, 0.2) is 0 Å². The summed E-state index contributed by atoms with van der Waals surface area (Å²) in [7, 11) is 0. The Morgan fingerprint density at radius 3 is 2.32 bits per heavy atom. The van der Waals surface area contributed by atoms with Gasteiger partial charge < -0.3 is 9.73 Å². The van der Waals surface area contributed by atoms with Crippen molar-refractivity contribution in [1.82, 2.24) is 10.3 Å². The van der Waals surface area contributed by atoms with Crippen LogP contribution in [0.5, 0.6) is 0 Å². The highest BCUT2D eigenvalue weighted by Crippen LogP contribution is 2.60. The van der Waals surface area contributed by atoms with Crippen molar-refractivity contribution in [3.8, 4) is 0 Å². The zero-order valence-electron chi connectivity index (χ0n) is 11.6. The molecule has 1 N–H and O–H groups in total. The van der Waals surface area contributed by atoms with E-state index < -0.39 is 0 Å². The summed E-state index contributed by atoms with van der Waals surface area (Å²) in [6.45, 7) is 3.08. The smallest absolute Gasteiger partial charge is 0.201 e. The fourth-order valence-corrected chi connectivity index (χ4v) is 5.77. The predicted molar refractivity (Wildman–Crippen MR) is 71.6 cm³/mol. The molecule has 1 aromatic rings. The average Bonchev–Trinajstić information content (AvgIpc) is 2.91. The Labute approximate surface area is 114 Å². The van der Waals surface area contributed by atoms with Gasteiger partial charge in [-0.25, -0.2) is 4.98 Å². The van der Waals surface area contributed by atoms with Crippen LogP contribution in [0.2, 0.25) is 0 Å². The van der Waals surface area contributed by atoms with Gasteiger partial charge in [-0.1, -0.05) is 0 Å². The molecule has 19 heavy (non-hydrogen) atoms. The van der Waals surface area contributed by atoms with Crippen LogP contribution in [0.25, 0.3) is 0 Å². The van der Waals surface area contributed by atoms with E-state index in [4.69, 9.17) is 9.40 Å². The van der Waals surface area contributed by atoms with E-state index in [9.17, 15) is 0 Å². The summed E-state index contributed by atoms with van der Waals surface area (Å²) in [5, 5.41) is 3.41. The number of aromatic nitrogens is 1. The van der Waals surface area contributed by atoms with Crippen LogP contribution in [-0.2, 0) is 12.0 Å². The van der Waals surface area contributed by atoms with Crippen molar-refractivity contribution in [1.29, 1.82) is 0 Å². The van der Waals surface area contributed by atoms with E-state index in [1.807, 2.05) is 0 Å². The highest BCUT2D eigenvalue weighted by molar-refractivity contribution is 5.24. The molecule has 3 heteroatoms. The van der Waals surface area contributed by atoms with Crippen LogP contribution in [0.1, 0.15) is 68.8 Å². The molecule has 1 unspecified atom stereocenters.